The normalized spacial score (nSPS) is 10.8. The second-order valence-electron chi connectivity index (χ2n) is 6.14. The second kappa shape index (κ2) is 9.75. The third-order valence-corrected chi connectivity index (χ3v) is 6.00. The third-order valence-electron chi connectivity index (χ3n) is 4.18. The van der Waals surface area contributed by atoms with Crippen LogP contribution in [-0.4, -0.2) is 45.0 Å². The van der Waals surface area contributed by atoms with Crippen LogP contribution in [0.5, 0.6) is 5.75 Å². The number of rotatable bonds is 9. The van der Waals surface area contributed by atoms with Gasteiger partial charge in [-0.1, -0.05) is 30.0 Å². The summed E-state index contributed by atoms with van der Waals surface area (Å²) < 4.78 is 7.50. The van der Waals surface area contributed by atoms with Gasteiger partial charge in [-0.25, -0.2) is 0 Å². The van der Waals surface area contributed by atoms with Crippen molar-refractivity contribution in [2.75, 3.05) is 19.4 Å². The van der Waals surface area contributed by atoms with Crippen LogP contribution in [0.15, 0.2) is 46.9 Å². The topological polar surface area (TPSA) is 60.2 Å². The summed E-state index contributed by atoms with van der Waals surface area (Å²) in [6.07, 6.45) is 0. The number of carbonyl (C=O) groups excluding carboxylic acids is 1. The van der Waals surface area contributed by atoms with Crippen molar-refractivity contribution >= 4 is 29.0 Å². The van der Waals surface area contributed by atoms with Gasteiger partial charge >= 0.3 is 0 Å². The van der Waals surface area contributed by atoms with E-state index >= 15 is 0 Å². The Bertz CT molecular complexity index is 892. The quantitative estimate of drug-likeness (QED) is 0.490. The van der Waals surface area contributed by atoms with E-state index in [9.17, 15) is 4.79 Å². The molecule has 3 aromatic rings. The van der Waals surface area contributed by atoms with Crippen molar-refractivity contribution in [2.24, 2.45) is 0 Å². The predicted molar refractivity (Wildman–Crippen MR) is 114 cm³/mol. The lowest BCUT2D eigenvalue weighted by Gasteiger charge is -2.17. The zero-order valence-corrected chi connectivity index (χ0v) is 17.9. The van der Waals surface area contributed by atoms with E-state index in [1.807, 2.05) is 55.7 Å². The minimum Gasteiger partial charge on any atom is -0.494 e. The molecule has 0 aliphatic carbocycles. The van der Waals surface area contributed by atoms with Crippen LogP contribution >= 0.6 is 23.1 Å². The monoisotopic (exact) mass is 416 g/mol. The number of amides is 1. The molecule has 0 aliphatic rings. The molecule has 0 spiro atoms. The minimum atomic E-state index is 0.0576. The van der Waals surface area contributed by atoms with E-state index < -0.39 is 0 Å². The van der Waals surface area contributed by atoms with Gasteiger partial charge < -0.3 is 14.2 Å². The Morgan fingerprint density at radius 1 is 1.21 bits per heavy atom. The zero-order chi connectivity index (χ0) is 19.9. The van der Waals surface area contributed by atoms with Crippen molar-refractivity contribution in [2.45, 2.75) is 32.1 Å². The van der Waals surface area contributed by atoms with E-state index in [1.165, 1.54) is 11.8 Å². The van der Waals surface area contributed by atoms with Crippen molar-refractivity contribution in [3.63, 3.8) is 0 Å². The number of nitrogens with zero attached hydrogens (tertiary/aromatic N) is 4. The van der Waals surface area contributed by atoms with Crippen LogP contribution in [0.2, 0.25) is 0 Å². The molecular weight excluding hydrogens is 392 g/mol. The molecule has 0 atom stereocenters. The largest absolute Gasteiger partial charge is 0.494 e. The fourth-order valence-corrected chi connectivity index (χ4v) is 4.39. The van der Waals surface area contributed by atoms with E-state index in [4.69, 9.17) is 4.74 Å². The van der Waals surface area contributed by atoms with Crippen LogP contribution < -0.4 is 4.74 Å². The first-order chi connectivity index (χ1) is 13.6. The van der Waals surface area contributed by atoms with Crippen molar-refractivity contribution in [3.05, 3.63) is 47.3 Å². The maximum atomic E-state index is 12.6. The Morgan fingerprint density at radius 2 is 2.00 bits per heavy atom. The lowest BCUT2D eigenvalue weighted by atomic mass is 10.2. The standard InChI is InChI=1S/C20H24N4O2S2/c1-4-24-19(17-7-6-12-27-17)21-22-20(24)28-14-18(25)23(3)13-15-8-10-16(11-9-15)26-5-2/h6-12H,4-5,13-14H2,1-3H3. The number of ether oxygens (including phenoxy) is 1. The first-order valence-electron chi connectivity index (χ1n) is 9.18. The molecule has 8 heteroatoms. The summed E-state index contributed by atoms with van der Waals surface area (Å²) in [5, 5.41) is 11.4. The molecule has 0 saturated heterocycles. The molecule has 6 nitrogen and oxygen atoms in total. The average Bonchev–Trinajstić information content (AvgIpc) is 3.36. The van der Waals surface area contributed by atoms with E-state index in [-0.39, 0.29) is 5.91 Å². The molecule has 0 bridgehead atoms. The number of hydrogen-bond donors (Lipinski definition) is 0. The molecule has 0 fully saturated rings. The molecule has 0 N–H and O–H groups in total. The molecular formula is C20H24N4O2S2. The van der Waals surface area contributed by atoms with Gasteiger partial charge in [-0.3, -0.25) is 4.79 Å². The van der Waals surface area contributed by atoms with E-state index in [1.54, 1.807) is 16.2 Å². The summed E-state index contributed by atoms with van der Waals surface area (Å²) in [5.74, 6) is 2.09. The van der Waals surface area contributed by atoms with Gasteiger partial charge in [0, 0.05) is 20.1 Å². The van der Waals surface area contributed by atoms with Gasteiger partial charge in [-0.2, -0.15) is 0 Å². The minimum absolute atomic E-state index is 0.0576. The summed E-state index contributed by atoms with van der Waals surface area (Å²) in [6, 6.07) is 11.9. The Balaban J connectivity index is 1.57. The molecule has 2 heterocycles. The highest BCUT2D eigenvalue weighted by Gasteiger charge is 2.16. The molecule has 1 aromatic carbocycles. The highest BCUT2D eigenvalue weighted by atomic mass is 32.2. The fourth-order valence-electron chi connectivity index (χ4n) is 2.72. The molecule has 0 unspecified atom stereocenters. The van der Waals surface area contributed by atoms with Gasteiger partial charge in [-0.15, -0.1) is 21.5 Å². The summed E-state index contributed by atoms with van der Waals surface area (Å²) in [7, 11) is 1.82. The van der Waals surface area contributed by atoms with Crippen LogP contribution in [0.4, 0.5) is 0 Å². The summed E-state index contributed by atoms with van der Waals surface area (Å²) in [5.41, 5.74) is 1.07. The van der Waals surface area contributed by atoms with E-state index in [0.717, 1.165) is 33.7 Å². The van der Waals surface area contributed by atoms with Gasteiger partial charge in [0.05, 0.1) is 17.2 Å². The Morgan fingerprint density at radius 3 is 2.64 bits per heavy atom. The van der Waals surface area contributed by atoms with Crippen molar-refractivity contribution in [3.8, 4) is 16.5 Å². The lowest BCUT2D eigenvalue weighted by molar-refractivity contribution is -0.127. The van der Waals surface area contributed by atoms with Gasteiger partial charge in [0.1, 0.15) is 5.75 Å². The maximum absolute atomic E-state index is 12.6. The third kappa shape index (κ3) is 4.94. The summed E-state index contributed by atoms with van der Waals surface area (Å²) in [6.45, 7) is 5.99. The van der Waals surface area contributed by atoms with Crippen LogP contribution in [0.25, 0.3) is 10.7 Å². The Hall–Kier alpha value is -2.32. The summed E-state index contributed by atoms with van der Waals surface area (Å²) in [4.78, 5) is 15.4. The van der Waals surface area contributed by atoms with Crippen molar-refractivity contribution in [1.82, 2.24) is 19.7 Å². The first kappa shape index (κ1) is 20.4. The van der Waals surface area contributed by atoms with E-state index in [0.29, 0.717) is 18.9 Å². The average molecular weight is 417 g/mol. The second-order valence-corrected chi connectivity index (χ2v) is 8.03. The molecule has 28 heavy (non-hydrogen) atoms. The molecule has 0 aliphatic heterocycles. The van der Waals surface area contributed by atoms with Gasteiger partial charge in [0.2, 0.25) is 5.91 Å². The number of thiophene rings is 1. The van der Waals surface area contributed by atoms with Crippen LogP contribution in [0.1, 0.15) is 19.4 Å². The van der Waals surface area contributed by atoms with Crippen LogP contribution in [0, 0.1) is 0 Å². The smallest absolute Gasteiger partial charge is 0.233 e. The van der Waals surface area contributed by atoms with Crippen LogP contribution in [-0.2, 0) is 17.9 Å². The van der Waals surface area contributed by atoms with E-state index in [2.05, 4.69) is 21.7 Å². The SMILES string of the molecule is CCOc1ccc(CN(C)C(=O)CSc2nnc(-c3cccs3)n2CC)cc1. The van der Waals surface area contributed by atoms with Crippen LogP contribution in [0.3, 0.4) is 0 Å². The number of thioether (sulfide) groups is 1. The maximum Gasteiger partial charge on any atom is 0.233 e. The molecule has 2 aromatic heterocycles. The summed E-state index contributed by atoms with van der Waals surface area (Å²) >= 11 is 3.07. The Kier molecular flexibility index (Phi) is 7.11. The van der Waals surface area contributed by atoms with Crippen molar-refractivity contribution < 1.29 is 9.53 Å². The molecule has 148 valence electrons. The Labute approximate surface area is 173 Å². The lowest BCUT2D eigenvalue weighted by Crippen LogP contribution is -2.27. The molecule has 0 saturated carbocycles. The molecule has 1 amide bonds. The zero-order valence-electron chi connectivity index (χ0n) is 16.3. The fraction of sp³-hybridized carbons (Fsp3) is 0.350. The number of hydrogen-bond acceptors (Lipinski definition) is 6. The molecule has 3 rings (SSSR count). The van der Waals surface area contributed by atoms with Gasteiger partial charge in [0.25, 0.3) is 0 Å². The van der Waals surface area contributed by atoms with Crippen molar-refractivity contribution in [1.29, 1.82) is 0 Å². The van der Waals surface area contributed by atoms with Gasteiger partial charge in [-0.05, 0) is 43.0 Å². The van der Waals surface area contributed by atoms with Gasteiger partial charge in [0.15, 0.2) is 11.0 Å². The highest BCUT2D eigenvalue weighted by molar-refractivity contribution is 7.99. The highest BCUT2D eigenvalue weighted by Crippen LogP contribution is 2.27. The number of carbonyl (C=O) groups is 1. The number of benzene rings is 1. The first-order valence-corrected chi connectivity index (χ1v) is 11.0. The predicted octanol–water partition coefficient (Wildman–Crippen LogP) is 4.18. The molecule has 0 radical (unpaired) electrons. The number of aromatic nitrogens is 3.